The van der Waals surface area contributed by atoms with Crippen molar-refractivity contribution in [2.24, 2.45) is 0 Å². The predicted octanol–water partition coefficient (Wildman–Crippen LogP) is 3.65. The van der Waals surface area contributed by atoms with Gasteiger partial charge in [-0.2, -0.15) is 0 Å². The maximum Gasteiger partial charge on any atom is 0.341 e. The Bertz CT molecular complexity index is 1480. The molecule has 6 rings (SSSR count). The third-order valence-electron chi connectivity index (χ3n) is 8.61. The quantitative estimate of drug-likeness (QED) is 0.427. The topological polar surface area (TPSA) is 100 Å². The Morgan fingerprint density at radius 2 is 1.98 bits per heavy atom. The Hall–Kier alpha value is -3.18. The lowest BCUT2D eigenvalue weighted by Gasteiger charge is -2.43. The fourth-order valence-electron chi connectivity index (χ4n) is 6.01. The Morgan fingerprint density at radius 3 is 2.66 bits per heavy atom. The van der Waals surface area contributed by atoms with Gasteiger partial charge in [0.15, 0.2) is 0 Å². The molecule has 3 aliphatic rings. The normalized spacial score (nSPS) is 20.2. The summed E-state index contributed by atoms with van der Waals surface area (Å²) in [5.41, 5.74) is 1.19. The maximum atomic E-state index is 13.2. The summed E-state index contributed by atoms with van der Waals surface area (Å²) in [7, 11) is 4.15. The summed E-state index contributed by atoms with van der Waals surface area (Å²) in [5, 5.41) is 10.5. The number of aromatic carboxylic acids is 1. The van der Waals surface area contributed by atoms with Crippen LogP contribution in [0.15, 0.2) is 41.5 Å². The van der Waals surface area contributed by atoms with Gasteiger partial charge in [-0.3, -0.25) is 4.79 Å². The van der Waals surface area contributed by atoms with Gasteiger partial charge in [0.2, 0.25) is 5.43 Å². The molecule has 0 bridgehead atoms. The minimum atomic E-state index is -1.28. The number of aromatic nitrogens is 2. The zero-order valence-corrected chi connectivity index (χ0v) is 24.2. The monoisotopic (exact) mass is 581 g/mol. The summed E-state index contributed by atoms with van der Waals surface area (Å²) in [6.07, 6.45) is 7.13. The van der Waals surface area contributed by atoms with Crippen molar-refractivity contribution in [2.75, 3.05) is 63.4 Å². The summed E-state index contributed by atoms with van der Waals surface area (Å²) in [5.74, 6) is -0.417. The molecule has 10 nitrogen and oxygen atoms in total. The van der Waals surface area contributed by atoms with Gasteiger partial charge >= 0.3 is 5.97 Å². The number of benzene rings is 1. The fraction of sp³-hybridized carbons (Fsp3) is 0.500. The van der Waals surface area contributed by atoms with Crippen molar-refractivity contribution >= 4 is 40.0 Å². The standard InChI is InChI=1S/C30H36ClN5O5/c1-33(2)21-15-34(16-21)28-6-5-19(14-32-28)36-17-24(30(38)39)29(37)23-12-25(31)27(13-26(23)36)35-9-3-4-20(35)18-41-22-7-10-40-11-8-22/h5-6,12-14,17,20-22H,3-4,7-11,15-16,18H2,1-2H3,(H,38,39)/t20-/m1/s1. The Balaban J connectivity index is 1.34. The van der Waals surface area contributed by atoms with Crippen LogP contribution in [0.1, 0.15) is 36.0 Å². The maximum absolute atomic E-state index is 13.2. The molecule has 3 aliphatic heterocycles. The highest BCUT2D eigenvalue weighted by Gasteiger charge is 2.30. The average molecular weight is 582 g/mol. The number of hydrogen-bond acceptors (Lipinski definition) is 8. The van der Waals surface area contributed by atoms with E-state index in [-0.39, 0.29) is 23.1 Å². The largest absolute Gasteiger partial charge is 0.477 e. The van der Waals surface area contributed by atoms with E-state index in [4.69, 9.17) is 21.1 Å². The summed E-state index contributed by atoms with van der Waals surface area (Å²) < 4.78 is 13.5. The number of halogens is 1. The van der Waals surface area contributed by atoms with E-state index < -0.39 is 11.4 Å². The molecule has 3 fully saturated rings. The van der Waals surface area contributed by atoms with E-state index in [2.05, 4.69) is 33.8 Å². The number of likely N-dealkylation sites (N-methyl/N-ethyl adjacent to an activating group) is 1. The molecule has 3 aromatic rings. The van der Waals surface area contributed by atoms with Gasteiger partial charge in [0, 0.05) is 50.5 Å². The van der Waals surface area contributed by atoms with Crippen LogP contribution in [0.5, 0.6) is 0 Å². The number of nitrogens with zero attached hydrogens (tertiary/aromatic N) is 5. The van der Waals surface area contributed by atoms with E-state index in [1.54, 1.807) is 16.8 Å². The van der Waals surface area contributed by atoms with Crippen LogP contribution >= 0.6 is 11.6 Å². The number of anilines is 2. The molecule has 0 spiro atoms. The molecule has 1 N–H and O–H groups in total. The fourth-order valence-corrected chi connectivity index (χ4v) is 6.29. The lowest BCUT2D eigenvalue weighted by atomic mass is 10.1. The van der Waals surface area contributed by atoms with Crippen molar-refractivity contribution in [3.05, 3.63) is 57.5 Å². The molecule has 3 saturated heterocycles. The molecule has 0 aliphatic carbocycles. The van der Waals surface area contributed by atoms with E-state index in [1.165, 1.54) is 6.20 Å². The zero-order valence-electron chi connectivity index (χ0n) is 23.5. The van der Waals surface area contributed by atoms with Crippen molar-refractivity contribution in [2.45, 2.75) is 43.9 Å². The van der Waals surface area contributed by atoms with Gasteiger partial charge in [-0.15, -0.1) is 0 Å². The van der Waals surface area contributed by atoms with E-state index >= 15 is 0 Å². The molecule has 0 saturated carbocycles. The van der Waals surface area contributed by atoms with Crippen LogP contribution in [-0.2, 0) is 9.47 Å². The van der Waals surface area contributed by atoms with Crippen LogP contribution in [0.2, 0.25) is 5.02 Å². The highest BCUT2D eigenvalue weighted by atomic mass is 35.5. The molecule has 1 aromatic carbocycles. The summed E-state index contributed by atoms with van der Waals surface area (Å²) in [6, 6.07) is 8.02. The van der Waals surface area contributed by atoms with E-state index in [9.17, 15) is 14.7 Å². The molecular weight excluding hydrogens is 546 g/mol. The minimum absolute atomic E-state index is 0.162. The van der Waals surface area contributed by atoms with E-state index in [0.717, 1.165) is 70.0 Å². The first-order valence-electron chi connectivity index (χ1n) is 14.3. The molecule has 0 unspecified atom stereocenters. The first kappa shape index (κ1) is 28.0. The van der Waals surface area contributed by atoms with Crippen molar-refractivity contribution in [3.8, 4) is 5.69 Å². The first-order valence-corrected chi connectivity index (χ1v) is 14.6. The second-order valence-corrected chi connectivity index (χ2v) is 11.8. The molecule has 41 heavy (non-hydrogen) atoms. The third kappa shape index (κ3) is 5.53. The van der Waals surface area contributed by atoms with Gasteiger partial charge in [-0.05, 0) is 64.0 Å². The molecule has 0 radical (unpaired) electrons. The summed E-state index contributed by atoms with van der Waals surface area (Å²) in [6.45, 7) is 4.69. The van der Waals surface area contributed by atoms with E-state index in [0.29, 0.717) is 28.9 Å². The second kappa shape index (κ2) is 11.6. The zero-order chi connectivity index (χ0) is 28.7. The minimum Gasteiger partial charge on any atom is -0.477 e. The van der Waals surface area contributed by atoms with Gasteiger partial charge in [-0.1, -0.05) is 11.6 Å². The molecule has 11 heteroatoms. The number of fused-ring (bicyclic) bond motifs is 1. The highest BCUT2D eigenvalue weighted by molar-refractivity contribution is 6.34. The Morgan fingerprint density at radius 1 is 1.20 bits per heavy atom. The number of hydrogen-bond donors (Lipinski definition) is 1. The van der Waals surface area contributed by atoms with Gasteiger partial charge in [0.1, 0.15) is 11.4 Å². The van der Waals surface area contributed by atoms with E-state index in [1.807, 2.05) is 18.2 Å². The average Bonchev–Trinajstić information content (AvgIpc) is 3.40. The summed E-state index contributed by atoms with van der Waals surface area (Å²) >= 11 is 6.80. The number of ether oxygens (including phenoxy) is 2. The van der Waals surface area contributed by atoms with Crippen LogP contribution in [0.4, 0.5) is 11.5 Å². The number of carboxylic acids is 1. The van der Waals surface area contributed by atoms with Crippen molar-refractivity contribution in [1.29, 1.82) is 0 Å². The van der Waals surface area contributed by atoms with Crippen LogP contribution in [0, 0.1) is 0 Å². The van der Waals surface area contributed by atoms with Gasteiger partial charge in [0.25, 0.3) is 0 Å². The lowest BCUT2D eigenvalue weighted by molar-refractivity contribution is -0.0352. The lowest BCUT2D eigenvalue weighted by Crippen LogP contribution is -2.57. The molecule has 5 heterocycles. The Kier molecular flexibility index (Phi) is 7.91. The predicted molar refractivity (Wildman–Crippen MR) is 159 cm³/mol. The van der Waals surface area contributed by atoms with Crippen molar-refractivity contribution in [3.63, 3.8) is 0 Å². The van der Waals surface area contributed by atoms with Crippen molar-refractivity contribution in [1.82, 2.24) is 14.5 Å². The molecule has 0 amide bonds. The smallest absolute Gasteiger partial charge is 0.341 e. The van der Waals surface area contributed by atoms with Crippen LogP contribution in [0.3, 0.4) is 0 Å². The van der Waals surface area contributed by atoms with Gasteiger partial charge in [-0.25, -0.2) is 9.78 Å². The number of rotatable bonds is 8. The summed E-state index contributed by atoms with van der Waals surface area (Å²) in [4.78, 5) is 36.6. The molecule has 218 valence electrons. The number of pyridine rings is 2. The first-order chi connectivity index (χ1) is 19.8. The molecular formula is C30H36ClN5O5. The highest BCUT2D eigenvalue weighted by Crippen LogP contribution is 2.36. The van der Waals surface area contributed by atoms with Crippen LogP contribution in [0.25, 0.3) is 16.6 Å². The van der Waals surface area contributed by atoms with Crippen molar-refractivity contribution < 1.29 is 19.4 Å². The van der Waals surface area contributed by atoms with Crippen LogP contribution in [-0.4, -0.2) is 97.3 Å². The second-order valence-electron chi connectivity index (χ2n) is 11.4. The van der Waals surface area contributed by atoms with Gasteiger partial charge in [0.05, 0.1) is 46.9 Å². The number of carbonyl (C=O) groups is 1. The van der Waals surface area contributed by atoms with Crippen LogP contribution < -0.4 is 15.2 Å². The SMILES string of the molecule is CN(C)C1CN(c2ccc(-n3cc(C(=O)O)c(=O)c4cc(Cl)c(N5CCC[C@@H]5COC5CCOCC5)cc43)cn2)C1. The Labute approximate surface area is 244 Å². The number of carboxylic acid groups (broad SMARTS) is 1. The van der Waals surface area contributed by atoms with Gasteiger partial charge < -0.3 is 33.8 Å². The third-order valence-corrected chi connectivity index (χ3v) is 8.91. The molecule has 2 aromatic heterocycles. The molecule has 1 atom stereocenters.